The number of unbranched alkanes of at least 4 members (excludes halogenated alkanes) is 11. The Balaban J connectivity index is 0. The van der Waals surface area contributed by atoms with E-state index in [1.54, 1.807) is 0 Å². The smallest absolute Gasteiger partial charge is 0.333 e. The molecule has 4 heteroatoms. The van der Waals surface area contributed by atoms with Crippen LogP contribution in [0, 0.1) is 0 Å². The maximum absolute atomic E-state index is 11.7. The van der Waals surface area contributed by atoms with Crippen LogP contribution in [0.2, 0.25) is 0 Å². The number of carboxylic acid groups (broad SMARTS) is 1. The summed E-state index contributed by atoms with van der Waals surface area (Å²) >= 11 is 0. The van der Waals surface area contributed by atoms with Gasteiger partial charge in [0, 0.05) is 11.6 Å². The van der Waals surface area contributed by atoms with E-state index in [0.717, 1.165) is 37.3 Å². The van der Waals surface area contributed by atoms with Crippen molar-refractivity contribution in [1.82, 2.24) is 0 Å². The van der Waals surface area contributed by atoms with Gasteiger partial charge in [0.05, 0.1) is 6.61 Å². The first kappa shape index (κ1) is 27.6. The van der Waals surface area contributed by atoms with Gasteiger partial charge in [-0.3, -0.25) is 0 Å². The number of allylic oxidation sites excluding steroid dienone is 1. The Labute approximate surface area is 167 Å². The third kappa shape index (κ3) is 24.4. The number of carboxylic acids is 1. The SMILES string of the molecule is C=CC(=O)O.CCCCC=C(C)C(=O)OCCCCCCCCCCCC. The van der Waals surface area contributed by atoms with Gasteiger partial charge in [-0.2, -0.15) is 0 Å². The highest BCUT2D eigenvalue weighted by atomic mass is 16.5. The van der Waals surface area contributed by atoms with Gasteiger partial charge >= 0.3 is 11.9 Å². The highest BCUT2D eigenvalue weighted by molar-refractivity contribution is 5.87. The van der Waals surface area contributed by atoms with Gasteiger partial charge in [0.2, 0.25) is 0 Å². The van der Waals surface area contributed by atoms with E-state index >= 15 is 0 Å². The van der Waals surface area contributed by atoms with Gasteiger partial charge in [-0.05, 0) is 19.8 Å². The molecule has 0 fully saturated rings. The van der Waals surface area contributed by atoms with Crippen LogP contribution in [-0.2, 0) is 14.3 Å². The summed E-state index contributed by atoms with van der Waals surface area (Å²) in [5.74, 6) is -1.11. The van der Waals surface area contributed by atoms with E-state index < -0.39 is 5.97 Å². The predicted octanol–water partition coefficient (Wildman–Crippen LogP) is 6.84. The van der Waals surface area contributed by atoms with Crippen molar-refractivity contribution in [3.63, 3.8) is 0 Å². The minimum absolute atomic E-state index is 0.132. The van der Waals surface area contributed by atoms with Crippen LogP contribution in [0.25, 0.3) is 0 Å². The summed E-state index contributed by atoms with van der Waals surface area (Å²) < 4.78 is 5.30. The first-order valence-electron chi connectivity index (χ1n) is 10.7. The summed E-state index contributed by atoms with van der Waals surface area (Å²) in [6.07, 6.45) is 19.2. The van der Waals surface area contributed by atoms with E-state index in [1.807, 2.05) is 13.0 Å². The molecule has 1 N–H and O–H groups in total. The zero-order valence-electron chi connectivity index (χ0n) is 17.9. The Morgan fingerprint density at radius 3 is 1.74 bits per heavy atom. The van der Waals surface area contributed by atoms with Crippen molar-refractivity contribution in [2.45, 2.75) is 104 Å². The molecule has 0 rings (SSSR count). The highest BCUT2D eigenvalue weighted by Crippen LogP contribution is 2.11. The lowest BCUT2D eigenvalue weighted by molar-refractivity contribution is -0.139. The lowest BCUT2D eigenvalue weighted by Crippen LogP contribution is -2.07. The van der Waals surface area contributed by atoms with E-state index in [0.29, 0.717) is 6.61 Å². The van der Waals surface area contributed by atoms with E-state index in [-0.39, 0.29) is 5.97 Å². The van der Waals surface area contributed by atoms with E-state index in [4.69, 9.17) is 9.84 Å². The van der Waals surface area contributed by atoms with Crippen LogP contribution < -0.4 is 0 Å². The Bertz CT molecular complexity index is 399. The Hall–Kier alpha value is -1.58. The number of ether oxygens (including phenoxy) is 1. The summed E-state index contributed by atoms with van der Waals surface area (Å²) in [7, 11) is 0. The average Bonchev–Trinajstić information content (AvgIpc) is 2.66. The van der Waals surface area contributed by atoms with Crippen molar-refractivity contribution < 1.29 is 19.4 Å². The molecule has 0 atom stereocenters. The minimum atomic E-state index is -0.981. The minimum Gasteiger partial charge on any atom is -0.478 e. The van der Waals surface area contributed by atoms with Crippen molar-refractivity contribution in [1.29, 1.82) is 0 Å². The Morgan fingerprint density at radius 1 is 0.852 bits per heavy atom. The number of aliphatic carboxylic acids is 1. The molecular weight excluding hydrogens is 340 g/mol. The molecule has 0 aliphatic carbocycles. The molecule has 0 aliphatic heterocycles. The molecule has 0 heterocycles. The molecule has 0 saturated carbocycles. The molecule has 0 saturated heterocycles. The summed E-state index contributed by atoms with van der Waals surface area (Å²) in [6.45, 7) is 9.81. The highest BCUT2D eigenvalue weighted by Gasteiger charge is 2.04. The van der Waals surface area contributed by atoms with Gasteiger partial charge in [0.1, 0.15) is 0 Å². The van der Waals surface area contributed by atoms with Gasteiger partial charge in [0.25, 0.3) is 0 Å². The van der Waals surface area contributed by atoms with E-state index in [2.05, 4.69) is 20.4 Å². The van der Waals surface area contributed by atoms with Crippen LogP contribution in [0.15, 0.2) is 24.3 Å². The summed E-state index contributed by atoms with van der Waals surface area (Å²) in [5.41, 5.74) is 0.764. The monoisotopic (exact) mass is 382 g/mol. The number of esters is 1. The van der Waals surface area contributed by atoms with Gasteiger partial charge < -0.3 is 9.84 Å². The third-order valence-electron chi connectivity index (χ3n) is 4.24. The molecule has 4 nitrogen and oxygen atoms in total. The lowest BCUT2D eigenvalue weighted by atomic mass is 10.1. The molecule has 0 amide bonds. The van der Waals surface area contributed by atoms with Gasteiger partial charge in [-0.25, -0.2) is 9.59 Å². The quantitative estimate of drug-likeness (QED) is 0.180. The summed E-state index contributed by atoms with van der Waals surface area (Å²) in [4.78, 5) is 21.0. The largest absolute Gasteiger partial charge is 0.478 e. The number of hydrogen-bond donors (Lipinski definition) is 1. The maximum atomic E-state index is 11.7. The summed E-state index contributed by atoms with van der Waals surface area (Å²) in [6, 6.07) is 0. The zero-order chi connectivity index (χ0) is 20.8. The van der Waals surface area contributed by atoms with Gasteiger partial charge in [-0.1, -0.05) is 97.1 Å². The predicted molar refractivity (Wildman–Crippen MR) is 114 cm³/mol. The van der Waals surface area contributed by atoms with Crippen LogP contribution in [-0.4, -0.2) is 23.7 Å². The third-order valence-corrected chi connectivity index (χ3v) is 4.24. The fraction of sp³-hybridized carbons (Fsp3) is 0.739. The first-order chi connectivity index (χ1) is 13.0. The second-order valence-electron chi connectivity index (χ2n) is 6.89. The maximum Gasteiger partial charge on any atom is 0.333 e. The normalized spacial score (nSPS) is 10.7. The van der Waals surface area contributed by atoms with Crippen molar-refractivity contribution >= 4 is 11.9 Å². The van der Waals surface area contributed by atoms with Gasteiger partial charge in [-0.15, -0.1) is 0 Å². The average molecular weight is 383 g/mol. The van der Waals surface area contributed by atoms with Crippen LogP contribution >= 0.6 is 0 Å². The van der Waals surface area contributed by atoms with E-state index in [1.165, 1.54) is 57.8 Å². The zero-order valence-corrected chi connectivity index (χ0v) is 17.9. The molecule has 27 heavy (non-hydrogen) atoms. The molecule has 0 aromatic carbocycles. The summed E-state index contributed by atoms with van der Waals surface area (Å²) in [5, 5.41) is 7.60. The first-order valence-corrected chi connectivity index (χ1v) is 10.7. The molecule has 0 aromatic rings. The molecule has 0 spiro atoms. The molecule has 0 aromatic heterocycles. The molecular formula is C23H42O4. The Kier molecular flexibility index (Phi) is 23.0. The molecule has 158 valence electrons. The molecule has 0 unspecified atom stereocenters. The van der Waals surface area contributed by atoms with Crippen LogP contribution in [0.5, 0.6) is 0 Å². The van der Waals surface area contributed by atoms with Crippen molar-refractivity contribution in [3.05, 3.63) is 24.3 Å². The van der Waals surface area contributed by atoms with E-state index in [9.17, 15) is 9.59 Å². The second-order valence-corrected chi connectivity index (χ2v) is 6.89. The molecule has 0 bridgehead atoms. The molecule has 0 radical (unpaired) electrons. The van der Waals surface area contributed by atoms with Crippen LogP contribution in [0.4, 0.5) is 0 Å². The van der Waals surface area contributed by atoms with Crippen molar-refractivity contribution in [2.75, 3.05) is 6.61 Å². The van der Waals surface area contributed by atoms with Crippen molar-refractivity contribution in [3.8, 4) is 0 Å². The molecule has 0 aliphatic rings. The number of carbonyl (C=O) groups is 2. The van der Waals surface area contributed by atoms with Crippen molar-refractivity contribution in [2.24, 2.45) is 0 Å². The number of carbonyl (C=O) groups excluding carboxylic acids is 1. The Morgan fingerprint density at radius 2 is 1.30 bits per heavy atom. The van der Waals surface area contributed by atoms with Crippen LogP contribution in [0.1, 0.15) is 104 Å². The topological polar surface area (TPSA) is 63.6 Å². The standard InChI is InChI=1S/C20H38O2.C3H4O2/c1-4-6-8-9-10-11-12-13-14-16-18-22-20(21)19(3)17-15-7-5-2;1-2-3(4)5/h17H,4-16,18H2,1-3H3;2H,1H2,(H,4,5). The fourth-order valence-corrected chi connectivity index (χ4v) is 2.47. The number of hydrogen-bond acceptors (Lipinski definition) is 3. The van der Waals surface area contributed by atoms with Gasteiger partial charge in [0.15, 0.2) is 0 Å². The van der Waals surface area contributed by atoms with Crippen LogP contribution in [0.3, 0.4) is 0 Å². The second kappa shape index (κ2) is 22.5. The fourth-order valence-electron chi connectivity index (χ4n) is 2.47. The lowest BCUT2D eigenvalue weighted by Gasteiger charge is -2.05. The number of rotatable bonds is 16.